The van der Waals surface area contributed by atoms with Crippen molar-refractivity contribution in [3.63, 3.8) is 0 Å². The van der Waals surface area contributed by atoms with Gasteiger partial charge in [0, 0.05) is 0 Å². The summed E-state index contributed by atoms with van der Waals surface area (Å²) in [6.07, 6.45) is 1.39. The van der Waals surface area contributed by atoms with Crippen LogP contribution >= 0.6 is 0 Å². The van der Waals surface area contributed by atoms with Crippen molar-refractivity contribution in [1.29, 1.82) is 0 Å². The van der Waals surface area contributed by atoms with Crippen molar-refractivity contribution in [3.05, 3.63) is 0 Å². The Balaban J connectivity index is 5.10. The van der Waals surface area contributed by atoms with E-state index in [2.05, 4.69) is 16.0 Å². The zero-order chi connectivity index (χ0) is 23.6. The molecule has 0 bridgehead atoms. The summed E-state index contributed by atoms with van der Waals surface area (Å²) in [5.74, 6) is -2.48. The van der Waals surface area contributed by atoms with Crippen LogP contribution in [0.25, 0.3) is 0 Å². The molecular weight excluding hydrogens is 388 g/mol. The van der Waals surface area contributed by atoms with E-state index in [0.717, 1.165) is 6.42 Å². The smallest absolute Gasteiger partial charge is 0.326 e. The molecular formula is C21H40N4O5. The van der Waals surface area contributed by atoms with E-state index in [1.165, 1.54) is 6.92 Å². The summed E-state index contributed by atoms with van der Waals surface area (Å²) in [6.45, 7) is 12.8. The Morgan fingerprint density at radius 3 is 1.67 bits per heavy atom. The van der Waals surface area contributed by atoms with Crippen LogP contribution in [-0.2, 0) is 19.2 Å². The molecule has 0 aromatic rings. The number of aliphatic carboxylic acids is 1. The maximum atomic E-state index is 12.7. The molecule has 0 radical (unpaired) electrons. The number of hydrogen-bond acceptors (Lipinski definition) is 5. The Labute approximate surface area is 179 Å². The topological polar surface area (TPSA) is 151 Å². The number of amides is 3. The second-order valence-corrected chi connectivity index (χ2v) is 8.86. The third-order valence-electron chi connectivity index (χ3n) is 4.97. The minimum Gasteiger partial charge on any atom is -0.480 e. The lowest BCUT2D eigenvalue weighted by molar-refractivity contribution is -0.142. The standard InChI is InChI=1S/C21H40N4O5/c1-8-13(6)17(22)20(28)24-15(9-11(2)3)19(27)23-14(7)18(26)25-16(21(29)30)10-12(4)5/h11-17H,8-10,22H2,1-7H3,(H,23,27)(H,24,28)(H,25,26)(H,29,30). The fourth-order valence-corrected chi connectivity index (χ4v) is 2.85. The summed E-state index contributed by atoms with van der Waals surface area (Å²) in [5, 5.41) is 17.0. The predicted octanol–water partition coefficient (Wildman–Crippen LogP) is 1.01. The van der Waals surface area contributed by atoms with Gasteiger partial charge in [0.25, 0.3) is 0 Å². The SMILES string of the molecule is CCC(C)C(N)C(=O)NC(CC(C)C)C(=O)NC(C)C(=O)NC(CC(C)C)C(=O)O. The molecule has 0 rings (SSSR count). The zero-order valence-corrected chi connectivity index (χ0v) is 19.3. The average molecular weight is 429 g/mol. The van der Waals surface area contributed by atoms with Gasteiger partial charge >= 0.3 is 5.97 Å². The number of hydrogen-bond donors (Lipinski definition) is 5. The van der Waals surface area contributed by atoms with Gasteiger partial charge in [-0.15, -0.1) is 0 Å². The third-order valence-corrected chi connectivity index (χ3v) is 4.97. The first-order chi connectivity index (χ1) is 13.8. The summed E-state index contributed by atoms with van der Waals surface area (Å²) in [4.78, 5) is 48.9. The number of nitrogens with two attached hydrogens (primary N) is 1. The summed E-state index contributed by atoms with van der Waals surface area (Å²) >= 11 is 0. The van der Waals surface area contributed by atoms with Gasteiger partial charge in [0.2, 0.25) is 17.7 Å². The highest BCUT2D eigenvalue weighted by Gasteiger charge is 2.29. The number of carboxylic acid groups (broad SMARTS) is 1. The lowest BCUT2D eigenvalue weighted by Crippen LogP contribution is -2.57. The van der Waals surface area contributed by atoms with E-state index >= 15 is 0 Å². The molecule has 5 unspecified atom stereocenters. The molecule has 3 amide bonds. The van der Waals surface area contributed by atoms with Gasteiger partial charge in [-0.1, -0.05) is 48.0 Å². The van der Waals surface area contributed by atoms with Crippen LogP contribution in [0.4, 0.5) is 0 Å². The van der Waals surface area contributed by atoms with Crippen LogP contribution in [0.1, 0.15) is 67.7 Å². The molecule has 0 aromatic heterocycles. The van der Waals surface area contributed by atoms with Crippen LogP contribution in [0.15, 0.2) is 0 Å². The molecule has 0 aliphatic heterocycles. The van der Waals surface area contributed by atoms with Crippen LogP contribution in [0.3, 0.4) is 0 Å². The molecule has 0 aliphatic rings. The summed E-state index contributed by atoms with van der Waals surface area (Å²) in [7, 11) is 0. The average Bonchev–Trinajstić information content (AvgIpc) is 2.64. The van der Waals surface area contributed by atoms with Gasteiger partial charge in [-0.05, 0) is 37.5 Å². The summed E-state index contributed by atoms with van der Waals surface area (Å²) in [5.41, 5.74) is 5.96. The van der Waals surface area contributed by atoms with Gasteiger partial charge in [0.15, 0.2) is 0 Å². The molecule has 5 atom stereocenters. The molecule has 0 saturated carbocycles. The van der Waals surface area contributed by atoms with Crippen LogP contribution < -0.4 is 21.7 Å². The van der Waals surface area contributed by atoms with Crippen LogP contribution in [0, 0.1) is 17.8 Å². The number of nitrogens with one attached hydrogen (secondary N) is 3. The van der Waals surface area contributed by atoms with Crippen molar-refractivity contribution >= 4 is 23.7 Å². The Morgan fingerprint density at radius 1 is 0.767 bits per heavy atom. The van der Waals surface area contributed by atoms with Gasteiger partial charge in [-0.2, -0.15) is 0 Å². The number of carbonyl (C=O) groups excluding carboxylic acids is 3. The highest BCUT2D eigenvalue weighted by molar-refractivity contribution is 5.93. The molecule has 0 fully saturated rings. The first kappa shape index (κ1) is 27.8. The van der Waals surface area contributed by atoms with Crippen molar-refractivity contribution in [1.82, 2.24) is 16.0 Å². The maximum Gasteiger partial charge on any atom is 0.326 e. The molecule has 0 heterocycles. The fraction of sp³-hybridized carbons (Fsp3) is 0.810. The van der Waals surface area contributed by atoms with E-state index in [9.17, 15) is 24.3 Å². The van der Waals surface area contributed by atoms with Crippen LogP contribution in [0.5, 0.6) is 0 Å². The molecule has 0 aromatic carbocycles. The molecule has 0 aliphatic carbocycles. The molecule has 174 valence electrons. The molecule has 6 N–H and O–H groups in total. The summed E-state index contributed by atoms with van der Waals surface area (Å²) < 4.78 is 0. The van der Waals surface area contributed by atoms with E-state index in [1.807, 2.05) is 41.5 Å². The predicted molar refractivity (Wildman–Crippen MR) is 115 cm³/mol. The molecule has 30 heavy (non-hydrogen) atoms. The fourth-order valence-electron chi connectivity index (χ4n) is 2.85. The van der Waals surface area contributed by atoms with Crippen molar-refractivity contribution in [2.45, 2.75) is 91.9 Å². The second kappa shape index (κ2) is 13.2. The molecule has 9 nitrogen and oxygen atoms in total. The highest BCUT2D eigenvalue weighted by atomic mass is 16.4. The normalized spacial score (nSPS) is 16.3. The van der Waals surface area contributed by atoms with Crippen molar-refractivity contribution in [3.8, 4) is 0 Å². The van der Waals surface area contributed by atoms with Gasteiger partial charge in [-0.3, -0.25) is 14.4 Å². The van der Waals surface area contributed by atoms with E-state index in [4.69, 9.17) is 5.73 Å². The van der Waals surface area contributed by atoms with Gasteiger partial charge in [0.05, 0.1) is 6.04 Å². The highest BCUT2D eigenvalue weighted by Crippen LogP contribution is 2.09. The Kier molecular flexibility index (Phi) is 12.3. The number of rotatable bonds is 13. The van der Waals surface area contributed by atoms with Crippen molar-refractivity contribution < 1.29 is 24.3 Å². The maximum absolute atomic E-state index is 12.7. The van der Waals surface area contributed by atoms with E-state index in [-0.39, 0.29) is 24.2 Å². The minimum atomic E-state index is -1.13. The molecule has 0 saturated heterocycles. The summed E-state index contributed by atoms with van der Waals surface area (Å²) in [6, 6.07) is -3.56. The van der Waals surface area contributed by atoms with Crippen molar-refractivity contribution in [2.75, 3.05) is 0 Å². The third kappa shape index (κ3) is 10.0. The first-order valence-corrected chi connectivity index (χ1v) is 10.7. The lowest BCUT2D eigenvalue weighted by atomic mass is 9.97. The Bertz CT molecular complexity index is 594. The number of carboxylic acids is 1. The van der Waals surface area contributed by atoms with Crippen LogP contribution in [0.2, 0.25) is 0 Å². The van der Waals surface area contributed by atoms with E-state index in [0.29, 0.717) is 6.42 Å². The van der Waals surface area contributed by atoms with Gasteiger partial charge < -0.3 is 26.8 Å². The van der Waals surface area contributed by atoms with E-state index in [1.54, 1.807) is 0 Å². The van der Waals surface area contributed by atoms with Gasteiger partial charge in [0.1, 0.15) is 18.1 Å². The molecule has 0 spiro atoms. The Morgan fingerprint density at radius 2 is 1.23 bits per heavy atom. The molecule has 9 heteroatoms. The zero-order valence-electron chi connectivity index (χ0n) is 19.3. The number of carbonyl (C=O) groups is 4. The minimum absolute atomic E-state index is 0.0358. The largest absolute Gasteiger partial charge is 0.480 e. The van der Waals surface area contributed by atoms with E-state index < -0.39 is 47.9 Å². The lowest BCUT2D eigenvalue weighted by Gasteiger charge is -2.26. The van der Waals surface area contributed by atoms with Gasteiger partial charge in [-0.25, -0.2) is 4.79 Å². The quantitative estimate of drug-likeness (QED) is 0.295. The first-order valence-electron chi connectivity index (χ1n) is 10.7. The monoisotopic (exact) mass is 428 g/mol. The van der Waals surface area contributed by atoms with Crippen LogP contribution in [-0.4, -0.2) is 53.0 Å². The Hall–Kier alpha value is -2.16. The second-order valence-electron chi connectivity index (χ2n) is 8.86. The van der Waals surface area contributed by atoms with Crippen molar-refractivity contribution in [2.24, 2.45) is 23.5 Å².